The number of hydrogen-bond donors (Lipinski definition) is 3. The number of halogens is 1. The lowest BCUT2D eigenvalue weighted by atomic mass is 10.1. The lowest BCUT2D eigenvalue weighted by Crippen LogP contribution is -2.41. The number of aromatic nitrogens is 1. The van der Waals surface area contributed by atoms with E-state index in [0.717, 1.165) is 29.8 Å². The number of aliphatic imine (C=N–C) groups is 1. The van der Waals surface area contributed by atoms with E-state index in [1.165, 1.54) is 29.7 Å². The maximum absolute atomic E-state index is 12.1. The van der Waals surface area contributed by atoms with E-state index in [2.05, 4.69) is 51.0 Å². The Morgan fingerprint density at radius 2 is 1.94 bits per heavy atom. The summed E-state index contributed by atoms with van der Waals surface area (Å²) < 4.78 is 6.27. The summed E-state index contributed by atoms with van der Waals surface area (Å²) in [6.45, 7) is 5.61. The molecule has 9 heteroatoms. The van der Waals surface area contributed by atoms with E-state index < -0.39 is 0 Å². The maximum atomic E-state index is 12.1. The fourth-order valence-electron chi connectivity index (χ4n) is 3.46. The van der Waals surface area contributed by atoms with Crippen molar-refractivity contribution in [3.05, 3.63) is 45.4 Å². The summed E-state index contributed by atoms with van der Waals surface area (Å²) >= 11 is 1.35. The minimum Gasteiger partial charge on any atom is -0.490 e. The number of thiazole rings is 1. The Kier molecular flexibility index (Phi) is 10.5. The summed E-state index contributed by atoms with van der Waals surface area (Å²) in [6, 6.07) is 6.33. The van der Waals surface area contributed by atoms with Crippen LogP contribution >= 0.6 is 35.3 Å². The first-order valence-electron chi connectivity index (χ1n) is 10.5. The molecule has 3 N–H and O–H groups in total. The van der Waals surface area contributed by atoms with Crippen molar-refractivity contribution >= 4 is 47.2 Å². The summed E-state index contributed by atoms with van der Waals surface area (Å²) in [5, 5.41) is 9.46. The van der Waals surface area contributed by atoms with Crippen molar-refractivity contribution < 1.29 is 9.53 Å². The van der Waals surface area contributed by atoms with E-state index in [9.17, 15) is 4.79 Å². The molecule has 7 nitrogen and oxygen atoms in total. The van der Waals surface area contributed by atoms with Gasteiger partial charge in [-0.15, -0.1) is 35.3 Å². The molecule has 1 heterocycles. The molecule has 1 aromatic heterocycles. The van der Waals surface area contributed by atoms with Crippen molar-refractivity contribution in [3.63, 3.8) is 0 Å². The lowest BCUT2D eigenvalue weighted by Gasteiger charge is -2.18. The molecule has 2 aromatic rings. The number of guanidine groups is 1. The highest BCUT2D eigenvalue weighted by atomic mass is 127. The Hall–Kier alpha value is -1.88. The zero-order valence-electron chi connectivity index (χ0n) is 18.4. The van der Waals surface area contributed by atoms with E-state index in [1.807, 2.05) is 6.92 Å². The van der Waals surface area contributed by atoms with Crippen molar-refractivity contribution in [3.8, 4) is 5.75 Å². The second-order valence-electron chi connectivity index (χ2n) is 7.51. The van der Waals surface area contributed by atoms with Crippen LogP contribution in [-0.4, -0.2) is 43.1 Å². The summed E-state index contributed by atoms with van der Waals surface area (Å²) in [5.74, 6) is 1.55. The molecule has 1 aromatic carbocycles. The normalized spacial score (nSPS) is 14.1. The van der Waals surface area contributed by atoms with Gasteiger partial charge in [0.15, 0.2) is 5.96 Å². The van der Waals surface area contributed by atoms with Gasteiger partial charge in [-0.3, -0.25) is 9.79 Å². The minimum absolute atomic E-state index is 0. The van der Waals surface area contributed by atoms with Gasteiger partial charge in [-0.1, -0.05) is 12.1 Å². The topological polar surface area (TPSA) is 87.6 Å². The summed E-state index contributed by atoms with van der Waals surface area (Å²) in [7, 11) is 1.74. The summed E-state index contributed by atoms with van der Waals surface area (Å²) in [6.07, 6.45) is 5.10. The quantitative estimate of drug-likeness (QED) is 0.199. The Balaban J connectivity index is 0.00000341. The number of nitrogens with zero attached hydrogens (tertiary/aromatic N) is 2. The third-order valence-electron chi connectivity index (χ3n) is 5.14. The predicted octanol–water partition coefficient (Wildman–Crippen LogP) is 3.79. The molecule has 0 atom stereocenters. The van der Waals surface area contributed by atoms with Crippen LogP contribution in [0.1, 0.15) is 52.2 Å². The van der Waals surface area contributed by atoms with Crippen LogP contribution in [0.4, 0.5) is 0 Å². The zero-order valence-corrected chi connectivity index (χ0v) is 21.5. The smallest absolute Gasteiger partial charge is 0.263 e. The largest absolute Gasteiger partial charge is 0.490 e. The van der Waals surface area contributed by atoms with Crippen LogP contribution in [0.15, 0.2) is 28.7 Å². The highest BCUT2D eigenvalue weighted by Gasteiger charge is 2.18. The van der Waals surface area contributed by atoms with Gasteiger partial charge in [0.1, 0.15) is 10.6 Å². The van der Waals surface area contributed by atoms with Crippen LogP contribution < -0.4 is 20.7 Å². The lowest BCUT2D eigenvalue weighted by molar-refractivity contribution is 0.0957. The molecular weight excluding hydrogens is 525 g/mol. The first-order valence-corrected chi connectivity index (χ1v) is 11.3. The average molecular weight is 558 g/mol. The molecule has 0 aliphatic heterocycles. The highest BCUT2D eigenvalue weighted by Crippen LogP contribution is 2.27. The van der Waals surface area contributed by atoms with Gasteiger partial charge in [0.2, 0.25) is 0 Å². The molecule has 31 heavy (non-hydrogen) atoms. The SMILES string of the molecule is CN=C(NCCNC(=O)c1scnc1C)NCc1ccc(C)cc1OC1CCCC1.I. The second-order valence-corrected chi connectivity index (χ2v) is 8.37. The number of ether oxygens (including phenoxy) is 1. The van der Waals surface area contributed by atoms with Gasteiger partial charge in [0.25, 0.3) is 5.91 Å². The zero-order chi connectivity index (χ0) is 21.3. The number of aryl methyl sites for hydroxylation is 2. The van der Waals surface area contributed by atoms with Gasteiger partial charge < -0.3 is 20.7 Å². The monoisotopic (exact) mass is 557 g/mol. The third-order valence-corrected chi connectivity index (χ3v) is 6.07. The van der Waals surface area contributed by atoms with Gasteiger partial charge >= 0.3 is 0 Å². The van der Waals surface area contributed by atoms with Crippen molar-refractivity contribution in [1.29, 1.82) is 0 Å². The summed E-state index contributed by atoms with van der Waals surface area (Å²) in [4.78, 5) is 21.2. The van der Waals surface area contributed by atoms with Gasteiger partial charge in [-0.25, -0.2) is 4.98 Å². The Morgan fingerprint density at radius 3 is 2.61 bits per heavy atom. The van der Waals surface area contributed by atoms with E-state index in [0.29, 0.717) is 36.6 Å². The van der Waals surface area contributed by atoms with Crippen LogP contribution in [-0.2, 0) is 6.54 Å². The molecule has 0 unspecified atom stereocenters. The van der Waals surface area contributed by atoms with Crippen molar-refractivity contribution in [2.75, 3.05) is 20.1 Å². The number of amides is 1. The van der Waals surface area contributed by atoms with E-state index in [1.54, 1.807) is 12.6 Å². The number of hydrogen-bond acceptors (Lipinski definition) is 5. The van der Waals surface area contributed by atoms with Gasteiger partial charge in [-0.2, -0.15) is 0 Å². The fourth-order valence-corrected chi connectivity index (χ4v) is 4.18. The molecule has 0 saturated heterocycles. The van der Waals surface area contributed by atoms with Gasteiger partial charge in [-0.05, 0) is 51.2 Å². The van der Waals surface area contributed by atoms with Crippen LogP contribution in [0, 0.1) is 13.8 Å². The van der Waals surface area contributed by atoms with Crippen LogP contribution in [0.2, 0.25) is 0 Å². The van der Waals surface area contributed by atoms with Gasteiger partial charge in [0.05, 0.1) is 17.3 Å². The molecule has 1 saturated carbocycles. The molecule has 1 aliphatic rings. The Labute approximate surface area is 205 Å². The van der Waals surface area contributed by atoms with E-state index in [-0.39, 0.29) is 29.9 Å². The number of carbonyl (C=O) groups excluding carboxylic acids is 1. The van der Waals surface area contributed by atoms with E-state index in [4.69, 9.17) is 4.74 Å². The Morgan fingerprint density at radius 1 is 1.19 bits per heavy atom. The number of carbonyl (C=O) groups is 1. The molecule has 0 bridgehead atoms. The molecule has 1 aliphatic carbocycles. The van der Waals surface area contributed by atoms with Crippen molar-refractivity contribution in [2.24, 2.45) is 4.99 Å². The van der Waals surface area contributed by atoms with Crippen LogP contribution in [0.5, 0.6) is 5.75 Å². The number of benzene rings is 1. The fraction of sp³-hybridized carbons (Fsp3) is 0.500. The number of nitrogens with one attached hydrogen (secondary N) is 3. The first kappa shape index (κ1) is 25.4. The van der Waals surface area contributed by atoms with Gasteiger partial charge in [0, 0.05) is 32.2 Å². The van der Waals surface area contributed by atoms with Crippen LogP contribution in [0.25, 0.3) is 0 Å². The molecule has 1 amide bonds. The average Bonchev–Trinajstić information content (AvgIpc) is 3.40. The van der Waals surface area contributed by atoms with Crippen LogP contribution in [0.3, 0.4) is 0 Å². The maximum Gasteiger partial charge on any atom is 0.263 e. The second kappa shape index (κ2) is 12.8. The summed E-state index contributed by atoms with van der Waals surface area (Å²) in [5.41, 5.74) is 4.76. The number of rotatable bonds is 8. The Bertz CT molecular complexity index is 881. The first-order chi connectivity index (χ1) is 14.6. The van der Waals surface area contributed by atoms with Crippen molar-refractivity contribution in [1.82, 2.24) is 20.9 Å². The predicted molar refractivity (Wildman–Crippen MR) is 137 cm³/mol. The molecule has 0 radical (unpaired) electrons. The molecular formula is C22H32IN5O2S. The third kappa shape index (κ3) is 7.64. The minimum atomic E-state index is -0.0897. The highest BCUT2D eigenvalue weighted by molar-refractivity contribution is 14.0. The standard InChI is InChI=1S/C22H31N5O2S.HI/c1-15-8-9-17(19(12-15)29-18-6-4-5-7-18)13-26-22(23-3)25-11-10-24-21(28)20-16(2)27-14-30-20;/h8-9,12,14,18H,4-7,10-11,13H2,1-3H3,(H,24,28)(H2,23,25,26);1H. The van der Waals surface area contributed by atoms with E-state index >= 15 is 0 Å². The molecule has 3 rings (SSSR count). The van der Waals surface area contributed by atoms with Crippen molar-refractivity contribution in [2.45, 2.75) is 52.2 Å². The molecule has 1 fully saturated rings. The molecule has 0 spiro atoms. The molecule has 170 valence electrons.